The summed E-state index contributed by atoms with van der Waals surface area (Å²) >= 11 is 0. The van der Waals surface area contributed by atoms with Crippen molar-refractivity contribution >= 4 is 12.4 Å². The Morgan fingerprint density at radius 1 is 0.375 bits per heavy atom. The molecular weight excluding hydrogens is 410 g/mol. The molecule has 0 saturated heterocycles. The second kappa shape index (κ2) is 25.9. The van der Waals surface area contributed by atoms with E-state index in [0.29, 0.717) is 5.54 Å². The van der Waals surface area contributed by atoms with Crippen molar-refractivity contribution < 1.29 is 0 Å². The molecule has 0 aromatic carbocycles. The molecule has 0 atom stereocenters. The first kappa shape index (κ1) is 34.4. The average molecular weight is 474 g/mol. The minimum absolute atomic E-state index is 0. The third-order valence-electron chi connectivity index (χ3n) is 7.69. The largest absolute Gasteiger partial charge is 0.304 e. The van der Waals surface area contributed by atoms with Crippen molar-refractivity contribution in [2.45, 2.75) is 180 Å². The molecule has 0 unspecified atom stereocenters. The summed E-state index contributed by atoms with van der Waals surface area (Å²) in [5.41, 5.74) is 0.469. The van der Waals surface area contributed by atoms with E-state index in [0.717, 1.165) is 0 Å². The van der Waals surface area contributed by atoms with Gasteiger partial charge in [-0.1, -0.05) is 156 Å². The molecule has 0 radical (unpaired) electrons. The highest BCUT2D eigenvalue weighted by atomic mass is 35.5. The molecule has 0 aliphatic carbocycles. The van der Waals surface area contributed by atoms with E-state index in [-0.39, 0.29) is 12.4 Å². The Balaban J connectivity index is 0. The third kappa shape index (κ3) is 19.7. The summed E-state index contributed by atoms with van der Waals surface area (Å²) in [4.78, 5) is 2.63. The highest BCUT2D eigenvalue weighted by molar-refractivity contribution is 5.85. The lowest BCUT2D eigenvalue weighted by atomic mass is 9.80. The van der Waals surface area contributed by atoms with Gasteiger partial charge in [0.25, 0.3) is 0 Å². The summed E-state index contributed by atoms with van der Waals surface area (Å²) in [5.74, 6) is 0. The predicted molar refractivity (Wildman–Crippen MR) is 151 cm³/mol. The molecule has 0 heterocycles. The van der Waals surface area contributed by atoms with Gasteiger partial charge >= 0.3 is 0 Å². The van der Waals surface area contributed by atoms with Crippen molar-refractivity contribution in [2.75, 3.05) is 14.1 Å². The van der Waals surface area contributed by atoms with Crippen molar-refractivity contribution in [2.24, 2.45) is 0 Å². The summed E-state index contributed by atoms with van der Waals surface area (Å²) in [6, 6.07) is 0. The Morgan fingerprint density at radius 2 is 0.594 bits per heavy atom. The highest BCUT2D eigenvalue weighted by Gasteiger charge is 2.30. The summed E-state index contributed by atoms with van der Waals surface area (Å²) in [6.45, 7) is 6.96. The van der Waals surface area contributed by atoms with Crippen LogP contribution >= 0.6 is 12.4 Å². The zero-order chi connectivity index (χ0) is 23.0. The van der Waals surface area contributed by atoms with Gasteiger partial charge in [-0.2, -0.15) is 0 Å². The fourth-order valence-electron chi connectivity index (χ4n) is 5.28. The van der Waals surface area contributed by atoms with Gasteiger partial charge in [0.15, 0.2) is 0 Å². The van der Waals surface area contributed by atoms with Crippen LogP contribution in [0.15, 0.2) is 0 Å². The highest BCUT2D eigenvalue weighted by Crippen LogP contribution is 2.33. The lowest BCUT2D eigenvalue weighted by Crippen LogP contribution is -2.44. The van der Waals surface area contributed by atoms with E-state index >= 15 is 0 Å². The van der Waals surface area contributed by atoms with Crippen molar-refractivity contribution in [3.63, 3.8) is 0 Å². The summed E-state index contributed by atoms with van der Waals surface area (Å²) in [7, 11) is 4.75. The molecule has 0 bridgehead atoms. The first-order chi connectivity index (χ1) is 15.1. The predicted octanol–water partition coefficient (Wildman–Crippen LogP) is 11.1. The molecule has 0 spiro atoms. The van der Waals surface area contributed by atoms with Gasteiger partial charge in [0.1, 0.15) is 0 Å². The minimum Gasteiger partial charge on any atom is -0.304 e. The molecule has 0 fully saturated rings. The lowest BCUT2D eigenvalue weighted by molar-refractivity contribution is 0.104. The van der Waals surface area contributed by atoms with Gasteiger partial charge in [0.2, 0.25) is 0 Å². The molecule has 0 aliphatic heterocycles. The van der Waals surface area contributed by atoms with Crippen molar-refractivity contribution in [3.8, 4) is 0 Å². The van der Waals surface area contributed by atoms with Crippen LogP contribution in [0.3, 0.4) is 0 Å². The molecule has 0 rings (SSSR count). The van der Waals surface area contributed by atoms with Gasteiger partial charge in [0, 0.05) is 5.54 Å². The number of hydrogen-bond acceptors (Lipinski definition) is 1. The fourth-order valence-corrected chi connectivity index (χ4v) is 5.28. The number of unbranched alkanes of at least 4 members (excludes halogenated alkanes) is 18. The second-order valence-electron chi connectivity index (χ2n) is 10.7. The van der Waals surface area contributed by atoms with Crippen molar-refractivity contribution in [1.29, 1.82) is 0 Å². The van der Waals surface area contributed by atoms with Crippen LogP contribution in [-0.2, 0) is 0 Å². The number of nitrogens with zero attached hydrogens (tertiary/aromatic N) is 1. The van der Waals surface area contributed by atoms with E-state index in [4.69, 9.17) is 0 Å². The van der Waals surface area contributed by atoms with E-state index < -0.39 is 0 Å². The van der Waals surface area contributed by atoms with Crippen LogP contribution in [0, 0.1) is 0 Å². The van der Waals surface area contributed by atoms with E-state index in [2.05, 4.69) is 39.8 Å². The van der Waals surface area contributed by atoms with Crippen LogP contribution in [0.4, 0.5) is 0 Å². The van der Waals surface area contributed by atoms with E-state index in [1.165, 1.54) is 154 Å². The molecule has 0 aromatic rings. The van der Waals surface area contributed by atoms with Gasteiger partial charge < -0.3 is 4.90 Å². The normalized spacial score (nSPS) is 11.8. The van der Waals surface area contributed by atoms with Gasteiger partial charge in [-0.25, -0.2) is 0 Å². The molecule has 0 aliphatic rings. The van der Waals surface area contributed by atoms with Crippen LogP contribution in [0.2, 0.25) is 0 Å². The molecule has 0 aromatic heterocycles. The first-order valence-electron chi connectivity index (χ1n) is 14.8. The van der Waals surface area contributed by atoms with Crippen molar-refractivity contribution in [1.82, 2.24) is 4.90 Å². The Hall–Kier alpha value is 0.250. The summed E-state index contributed by atoms with van der Waals surface area (Å²) in [6.07, 6.45) is 34.4. The minimum atomic E-state index is 0. The van der Waals surface area contributed by atoms with Gasteiger partial charge in [-0.15, -0.1) is 12.4 Å². The van der Waals surface area contributed by atoms with Gasteiger partial charge in [-0.05, 0) is 33.4 Å². The second-order valence-corrected chi connectivity index (χ2v) is 10.7. The van der Waals surface area contributed by atoms with Crippen LogP contribution in [0.5, 0.6) is 0 Å². The number of hydrogen-bond donors (Lipinski definition) is 0. The zero-order valence-corrected chi connectivity index (χ0v) is 24.1. The molecule has 0 saturated carbocycles. The molecule has 0 amide bonds. The van der Waals surface area contributed by atoms with E-state index in [1.54, 1.807) is 0 Å². The van der Waals surface area contributed by atoms with Crippen LogP contribution in [-0.4, -0.2) is 24.5 Å². The standard InChI is InChI=1S/C30H63N.ClH/c1-6-9-12-15-18-19-20-23-26-29-30(31(4)5,27-24-21-16-13-10-7-2)28-25-22-17-14-11-8-3;/h6-29H2,1-5H3;1H. The molecular formula is C30H64ClN. The Morgan fingerprint density at radius 3 is 0.812 bits per heavy atom. The molecule has 0 N–H and O–H groups in total. The SMILES string of the molecule is CCCCCCCCCCCC(CCCCCCCC)(CCCCCCCC)N(C)C.Cl. The zero-order valence-electron chi connectivity index (χ0n) is 23.3. The smallest absolute Gasteiger partial charge is 0.0203 e. The van der Waals surface area contributed by atoms with Crippen LogP contribution < -0.4 is 0 Å². The molecule has 1 nitrogen and oxygen atoms in total. The third-order valence-corrected chi connectivity index (χ3v) is 7.69. The fraction of sp³-hybridized carbons (Fsp3) is 1.00. The monoisotopic (exact) mass is 473 g/mol. The quantitative estimate of drug-likeness (QED) is 0.119. The van der Waals surface area contributed by atoms with Crippen LogP contribution in [0.25, 0.3) is 0 Å². The number of rotatable bonds is 25. The van der Waals surface area contributed by atoms with Gasteiger partial charge in [0.05, 0.1) is 0 Å². The van der Waals surface area contributed by atoms with Crippen LogP contribution in [0.1, 0.15) is 175 Å². The number of halogens is 1. The van der Waals surface area contributed by atoms with Crippen molar-refractivity contribution in [3.05, 3.63) is 0 Å². The Kier molecular flexibility index (Phi) is 27.8. The Labute approximate surface area is 211 Å². The maximum absolute atomic E-state index is 2.63. The Bertz CT molecular complexity index is 326. The molecule has 2 heteroatoms. The molecule has 32 heavy (non-hydrogen) atoms. The van der Waals surface area contributed by atoms with E-state index in [9.17, 15) is 0 Å². The van der Waals surface area contributed by atoms with E-state index in [1.807, 2.05) is 0 Å². The molecule has 196 valence electrons. The van der Waals surface area contributed by atoms with Gasteiger partial charge in [-0.3, -0.25) is 0 Å². The maximum Gasteiger partial charge on any atom is 0.0203 e. The first-order valence-corrected chi connectivity index (χ1v) is 14.8. The lowest BCUT2D eigenvalue weighted by Gasteiger charge is -2.41. The summed E-state index contributed by atoms with van der Waals surface area (Å²) < 4.78 is 0. The summed E-state index contributed by atoms with van der Waals surface area (Å²) in [5, 5.41) is 0. The maximum atomic E-state index is 2.63. The topological polar surface area (TPSA) is 3.24 Å². The average Bonchev–Trinajstić information content (AvgIpc) is 2.76.